The highest BCUT2D eigenvalue weighted by molar-refractivity contribution is 6.09. The fraction of sp³-hybridized carbons (Fsp3) is 0.500. The van der Waals surface area contributed by atoms with E-state index in [-0.39, 0.29) is 23.0 Å². The molecular weight excluding hydrogens is 292 g/mol. The molecule has 1 aromatic rings. The van der Waals surface area contributed by atoms with E-state index in [1.807, 2.05) is 6.92 Å². The van der Waals surface area contributed by atoms with Crippen LogP contribution >= 0.6 is 0 Å². The molecule has 1 amide bonds. The Bertz CT molecular complexity index is 561. The average molecular weight is 310 g/mol. The minimum atomic E-state index is -0.703. The predicted octanol–water partition coefficient (Wildman–Crippen LogP) is 1.09. The third-order valence-electron chi connectivity index (χ3n) is 3.45. The SMILES string of the molecule is COC(=O)c1c[nH]c(C(=O)OC)c1NC(=O)[C@@H]1CC[C@@H](C)O1. The van der Waals surface area contributed by atoms with Gasteiger partial charge in [-0.05, 0) is 19.8 Å². The van der Waals surface area contributed by atoms with Crippen molar-refractivity contribution >= 4 is 23.5 Å². The molecule has 1 saturated heterocycles. The highest BCUT2D eigenvalue weighted by Crippen LogP contribution is 2.25. The van der Waals surface area contributed by atoms with Gasteiger partial charge in [-0.25, -0.2) is 9.59 Å². The van der Waals surface area contributed by atoms with E-state index >= 15 is 0 Å². The number of carbonyl (C=O) groups excluding carboxylic acids is 3. The number of rotatable bonds is 4. The number of amides is 1. The van der Waals surface area contributed by atoms with Gasteiger partial charge in [0.2, 0.25) is 0 Å². The zero-order chi connectivity index (χ0) is 16.3. The molecule has 8 heteroatoms. The van der Waals surface area contributed by atoms with Crippen molar-refractivity contribution in [3.8, 4) is 0 Å². The summed E-state index contributed by atoms with van der Waals surface area (Å²) >= 11 is 0. The lowest BCUT2D eigenvalue weighted by Gasteiger charge is -2.13. The van der Waals surface area contributed by atoms with Gasteiger partial charge < -0.3 is 24.5 Å². The number of aromatic nitrogens is 1. The number of hydrogen-bond acceptors (Lipinski definition) is 6. The number of anilines is 1. The molecule has 0 aromatic carbocycles. The van der Waals surface area contributed by atoms with Gasteiger partial charge in [0.05, 0.1) is 26.0 Å². The number of esters is 2. The van der Waals surface area contributed by atoms with Gasteiger partial charge in [0, 0.05) is 6.20 Å². The summed E-state index contributed by atoms with van der Waals surface area (Å²) in [5, 5.41) is 2.56. The molecule has 0 bridgehead atoms. The summed E-state index contributed by atoms with van der Waals surface area (Å²) in [5.41, 5.74) is 0.0523. The van der Waals surface area contributed by atoms with Crippen LogP contribution in [-0.2, 0) is 19.0 Å². The molecule has 0 aliphatic carbocycles. The summed E-state index contributed by atoms with van der Waals surface area (Å²) in [4.78, 5) is 38.3. The zero-order valence-corrected chi connectivity index (χ0v) is 12.6. The summed E-state index contributed by atoms with van der Waals surface area (Å²) in [6.45, 7) is 1.88. The first kappa shape index (κ1) is 16.0. The quantitative estimate of drug-likeness (QED) is 0.806. The van der Waals surface area contributed by atoms with Gasteiger partial charge in [-0.2, -0.15) is 0 Å². The molecule has 1 fully saturated rings. The number of methoxy groups -OCH3 is 2. The van der Waals surface area contributed by atoms with Crippen LogP contribution in [0, 0.1) is 0 Å². The number of nitrogens with one attached hydrogen (secondary N) is 2. The van der Waals surface area contributed by atoms with Crippen molar-refractivity contribution in [2.45, 2.75) is 32.0 Å². The Balaban J connectivity index is 2.27. The van der Waals surface area contributed by atoms with E-state index in [0.717, 1.165) is 6.42 Å². The highest BCUT2D eigenvalue weighted by atomic mass is 16.5. The molecule has 0 radical (unpaired) electrons. The van der Waals surface area contributed by atoms with E-state index in [1.54, 1.807) is 0 Å². The number of ether oxygens (including phenoxy) is 3. The minimum Gasteiger partial charge on any atom is -0.465 e. The van der Waals surface area contributed by atoms with Crippen LogP contribution in [0.3, 0.4) is 0 Å². The van der Waals surface area contributed by atoms with Gasteiger partial charge in [0.15, 0.2) is 0 Å². The van der Waals surface area contributed by atoms with Gasteiger partial charge in [-0.1, -0.05) is 0 Å². The molecule has 120 valence electrons. The van der Waals surface area contributed by atoms with Crippen LogP contribution in [0.15, 0.2) is 6.20 Å². The fourth-order valence-electron chi connectivity index (χ4n) is 2.29. The number of aromatic amines is 1. The maximum atomic E-state index is 12.2. The van der Waals surface area contributed by atoms with Crippen LogP contribution in [0.4, 0.5) is 5.69 Å². The van der Waals surface area contributed by atoms with Crippen molar-refractivity contribution in [2.24, 2.45) is 0 Å². The first-order chi connectivity index (χ1) is 10.5. The molecule has 1 aliphatic rings. The van der Waals surface area contributed by atoms with Gasteiger partial charge in [-0.3, -0.25) is 4.79 Å². The molecule has 1 aromatic heterocycles. The van der Waals surface area contributed by atoms with Crippen molar-refractivity contribution in [2.75, 3.05) is 19.5 Å². The standard InChI is InChI=1S/C14H18N2O6/c1-7-4-5-9(22-7)12(17)16-10-8(13(18)20-2)6-15-11(10)14(19)21-3/h6-7,9,15H,4-5H2,1-3H3,(H,16,17)/t7-,9+/m1/s1. The highest BCUT2D eigenvalue weighted by Gasteiger charge is 2.31. The molecule has 22 heavy (non-hydrogen) atoms. The van der Waals surface area contributed by atoms with E-state index in [2.05, 4.69) is 19.8 Å². The Labute approximate surface area is 127 Å². The first-order valence-corrected chi connectivity index (χ1v) is 6.82. The van der Waals surface area contributed by atoms with E-state index in [1.165, 1.54) is 20.4 Å². The molecule has 0 saturated carbocycles. The molecule has 0 spiro atoms. The number of hydrogen-bond donors (Lipinski definition) is 2. The Morgan fingerprint density at radius 1 is 1.23 bits per heavy atom. The van der Waals surface area contributed by atoms with Gasteiger partial charge in [0.1, 0.15) is 17.4 Å². The minimum absolute atomic E-state index is 0.00197. The van der Waals surface area contributed by atoms with Crippen LogP contribution in [0.1, 0.15) is 40.6 Å². The van der Waals surface area contributed by atoms with E-state index in [4.69, 9.17) is 4.74 Å². The van der Waals surface area contributed by atoms with Crippen LogP contribution in [0.25, 0.3) is 0 Å². The van der Waals surface area contributed by atoms with Gasteiger partial charge in [0.25, 0.3) is 5.91 Å². The molecule has 0 unspecified atom stereocenters. The van der Waals surface area contributed by atoms with Gasteiger partial charge >= 0.3 is 11.9 Å². The van der Waals surface area contributed by atoms with Crippen LogP contribution in [-0.4, -0.2) is 49.3 Å². The third kappa shape index (κ3) is 3.11. The second-order valence-corrected chi connectivity index (χ2v) is 4.94. The second-order valence-electron chi connectivity index (χ2n) is 4.94. The second kappa shape index (κ2) is 6.61. The molecule has 2 N–H and O–H groups in total. The summed E-state index contributed by atoms with van der Waals surface area (Å²) in [6.07, 6.45) is 2.03. The molecule has 2 heterocycles. The molecule has 8 nitrogen and oxygen atoms in total. The lowest BCUT2D eigenvalue weighted by molar-refractivity contribution is -0.126. The molecular formula is C14H18N2O6. The van der Waals surface area contributed by atoms with Crippen molar-refractivity contribution < 1.29 is 28.6 Å². The maximum absolute atomic E-state index is 12.2. The topological polar surface area (TPSA) is 107 Å². The monoisotopic (exact) mass is 310 g/mol. The van der Waals surface area contributed by atoms with Crippen molar-refractivity contribution in [3.05, 3.63) is 17.5 Å². The third-order valence-corrected chi connectivity index (χ3v) is 3.45. The predicted molar refractivity (Wildman–Crippen MR) is 75.7 cm³/mol. The van der Waals surface area contributed by atoms with E-state index in [9.17, 15) is 14.4 Å². The summed E-state index contributed by atoms with van der Waals surface area (Å²) in [7, 11) is 2.41. The fourth-order valence-corrected chi connectivity index (χ4v) is 2.29. The first-order valence-electron chi connectivity index (χ1n) is 6.82. The summed E-state index contributed by atoms with van der Waals surface area (Å²) in [5.74, 6) is -1.80. The van der Waals surface area contributed by atoms with E-state index in [0.29, 0.717) is 6.42 Å². The number of H-pyrrole nitrogens is 1. The van der Waals surface area contributed by atoms with Crippen molar-refractivity contribution in [1.29, 1.82) is 0 Å². The molecule has 2 rings (SSSR count). The van der Waals surface area contributed by atoms with Gasteiger partial charge in [-0.15, -0.1) is 0 Å². The molecule has 2 atom stereocenters. The largest absolute Gasteiger partial charge is 0.465 e. The Hall–Kier alpha value is -2.35. The summed E-state index contributed by atoms with van der Waals surface area (Å²) < 4.78 is 14.7. The Morgan fingerprint density at radius 3 is 2.45 bits per heavy atom. The lowest BCUT2D eigenvalue weighted by atomic mass is 10.2. The van der Waals surface area contributed by atoms with Crippen LogP contribution in [0.5, 0.6) is 0 Å². The van der Waals surface area contributed by atoms with Crippen molar-refractivity contribution in [1.82, 2.24) is 4.98 Å². The lowest BCUT2D eigenvalue weighted by Crippen LogP contribution is -2.29. The smallest absolute Gasteiger partial charge is 0.356 e. The Kier molecular flexibility index (Phi) is 4.81. The van der Waals surface area contributed by atoms with Crippen LogP contribution < -0.4 is 5.32 Å². The van der Waals surface area contributed by atoms with Crippen LogP contribution in [0.2, 0.25) is 0 Å². The Morgan fingerprint density at radius 2 is 1.91 bits per heavy atom. The maximum Gasteiger partial charge on any atom is 0.356 e. The normalized spacial score (nSPS) is 20.5. The number of carbonyl (C=O) groups is 3. The molecule has 1 aliphatic heterocycles. The van der Waals surface area contributed by atoms with E-state index < -0.39 is 23.9 Å². The van der Waals surface area contributed by atoms with Crippen molar-refractivity contribution in [3.63, 3.8) is 0 Å². The zero-order valence-electron chi connectivity index (χ0n) is 12.6. The average Bonchev–Trinajstić information content (AvgIpc) is 3.12. The summed E-state index contributed by atoms with van der Waals surface area (Å²) in [6, 6.07) is 0.